The molecule has 78 valence electrons. The summed E-state index contributed by atoms with van der Waals surface area (Å²) in [6, 6.07) is 3.45. The second kappa shape index (κ2) is 4.55. The molecule has 0 aliphatic heterocycles. The maximum Gasteiger partial charge on any atom is 0.256 e. The Morgan fingerprint density at radius 1 is 1.25 bits per heavy atom. The van der Waals surface area contributed by atoms with Crippen LogP contribution in [0.2, 0.25) is 5.02 Å². The monoisotopic (exact) mass is 232 g/mol. The Labute approximate surface area is 96.3 Å². The summed E-state index contributed by atoms with van der Waals surface area (Å²) in [6.45, 7) is 0. The van der Waals surface area contributed by atoms with Crippen molar-refractivity contribution in [2.24, 2.45) is 0 Å². The molecule has 0 amide bonds. The van der Waals surface area contributed by atoms with E-state index in [1.54, 1.807) is 6.07 Å². The van der Waals surface area contributed by atoms with Gasteiger partial charge in [0.2, 0.25) is 5.69 Å². The Bertz CT molecular complexity index is 553. The molecule has 2 heterocycles. The Kier molecular flexibility index (Phi) is 2.94. The predicted molar refractivity (Wildman–Crippen MR) is 56.1 cm³/mol. The van der Waals surface area contributed by atoms with Crippen molar-refractivity contribution in [3.05, 3.63) is 41.6 Å². The molecule has 0 atom stereocenters. The zero-order valence-corrected chi connectivity index (χ0v) is 8.72. The van der Waals surface area contributed by atoms with Crippen LogP contribution in [0.4, 0.5) is 0 Å². The van der Waals surface area contributed by atoms with Gasteiger partial charge in [-0.25, -0.2) is 9.97 Å². The van der Waals surface area contributed by atoms with Gasteiger partial charge in [-0.2, -0.15) is 5.26 Å². The van der Waals surface area contributed by atoms with Crippen molar-refractivity contribution in [3.63, 3.8) is 0 Å². The van der Waals surface area contributed by atoms with Crippen molar-refractivity contribution in [3.8, 4) is 17.7 Å². The normalized spacial score (nSPS) is 9.50. The van der Waals surface area contributed by atoms with E-state index in [1.165, 1.54) is 24.8 Å². The lowest BCUT2D eigenvalue weighted by molar-refractivity contribution is 0.456. The standard InChI is InChI=1S/C10H5ClN4O/c11-7-3-8(6-13-5-7)16-10-9(4-12)14-1-2-15-10/h1-3,5-6H. The number of nitrogens with zero attached hydrogens (tertiary/aromatic N) is 4. The van der Waals surface area contributed by atoms with Gasteiger partial charge in [0, 0.05) is 24.7 Å². The second-order valence-corrected chi connectivity index (χ2v) is 3.20. The fourth-order valence-corrected chi connectivity index (χ4v) is 1.20. The van der Waals surface area contributed by atoms with E-state index in [-0.39, 0.29) is 11.6 Å². The van der Waals surface area contributed by atoms with Gasteiger partial charge in [-0.1, -0.05) is 11.6 Å². The van der Waals surface area contributed by atoms with Crippen LogP contribution < -0.4 is 4.74 Å². The van der Waals surface area contributed by atoms with Crippen molar-refractivity contribution < 1.29 is 4.74 Å². The van der Waals surface area contributed by atoms with Crippen molar-refractivity contribution in [2.75, 3.05) is 0 Å². The first-order valence-electron chi connectivity index (χ1n) is 4.29. The van der Waals surface area contributed by atoms with Gasteiger partial charge in [0.1, 0.15) is 11.8 Å². The van der Waals surface area contributed by atoms with Crippen molar-refractivity contribution in [2.45, 2.75) is 0 Å². The molecule has 0 aromatic carbocycles. The smallest absolute Gasteiger partial charge is 0.256 e. The summed E-state index contributed by atoms with van der Waals surface area (Å²) >= 11 is 5.74. The molecule has 0 radical (unpaired) electrons. The van der Waals surface area contributed by atoms with Crippen LogP contribution in [-0.2, 0) is 0 Å². The summed E-state index contributed by atoms with van der Waals surface area (Å²) in [5.41, 5.74) is 0.113. The second-order valence-electron chi connectivity index (χ2n) is 2.76. The Hall–Kier alpha value is -2.19. The van der Waals surface area contributed by atoms with Gasteiger partial charge in [-0.05, 0) is 0 Å². The van der Waals surface area contributed by atoms with Crippen LogP contribution in [0, 0.1) is 11.3 Å². The molecule has 0 fully saturated rings. The number of ether oxygens (including phenoxy) is 1. The van der Waals surface area contributed by atoms with E-state index in [0.29, 0.717) is 10.8 Å². The number of pyridine rings is 1. The maximum absolute atomic E-state index is 8.78. The van der Waals surface area contributed by atoms with Crippen LogP contribution in [0.1, 0.15) is 5.69 Å². The van der Waals surface area contributed by atoms with E-state index < -0.39 is 0 Å². The Balaban J connectivity index is 2.31. The van der Waals surface area contributed by atoms with E-state index in [9.17, 15) is 0 Å². The average molecular weight is 233 g/mol. The highest BCUT2D eigenvalue weighted by molar-refractivity contribution is 6.30. The predicted octanol–water partition coefficient (Wildman–Crippen LogP) is 2.19. The van der Waals surface area contributed by atoms with Gasteiger partial charge in [-0.15, -0.1) is 0 Å². The highest BCUT2D eigenvalue weighted by Crippen LogP contribution is 2.22. The number of hydrogen-bond acceptors (Lipinski definition) is 5. The first-order valence-corrected chi connectivity index (χ1v) is 4.67. The molecule has 2 aromatic heterocycles. The summed E-state index contributed by atoms with van der Waals surface area (Å²) < 4.78 is 5.34. The molecule has 0 bridgehead atoms. The van der Waals surface area contributed by atoms with Crippen molar-refractivity contribution in [1.29, 1.82) is 5.26 Å². The van der Waals surface area contributed by atoms with E-state index in [2.05, 4.69) is 15.0 Å². The molecular formula is C10H5ClN4O. The highest BCUT2D eigenvalue weighted by Gasteiger charge is 2.07. The molecule has 0 saturated heterocycles. The number of aromatic nitrogens is 3. The SMILES string of the molecule is N#Cc1nccnc1Oc1cncc(Cl)c1. The van der Waals surface area contributed by atoms with Crippen LogP contribution in [0.25, 0.3) is 0 Å². The van der Waals surface area contributed by atoms with Crippen molar-refractivity contribution >= 4 is 11.6 Å². The lowest BCUT2D eigenvalue weighted by Gasteiger charge is -2.04. The van der Waals surface area contributed by atoms with Crippen LogP contribution in [-0.4, -0.2) is 15.0 Å². The zero-order chi connectivity index (χ0) is 11.4. The maximum atomic E-state index is 8.78. The third-order valence-corrected chi connectivity index (χ3v) is 1.87. The fraction of sp³-hybridized carbons (Fsp3) is 0. The molecule has 0 saturated carbocycles. The molecule has 0 aliphatic rings. The molecular weight excluding hydrogens is 228 g/mol. The molecule has 0 aliphatic carbocycles. The van der Waals surface area contributed by atoms with Gasteiger partial charge < -0.3 is 4.74 Å². The molecule has 2 aromatic rings. The first kappa shape index (κ1) is 10.3. The van der Waals surface area contributed by atoms with E-state index in [1.807, 2.05) is 6.07 Å². The largest absolute Gasteiger partial charge is 0.435 e. The molecule has 0 unspecified atom stereocenters. The molecule has 16 heavy (non-hydrogen) atoms. The summed E-state index contributed by atoms with van der Waals surface area (Å²) in [5, 5.41) is 9.22. The number of nitriles is 1. The Morgan fingerprint density at radius 2 is 2.06 bits per heavy atom. The summed E-state index contributed by atoms with van der Waals surface area (Å²) in [5.74, 6) is 0.540. The number of hydrogen-bond donors (Lipinski definition) is 0. The topological polar surface area (TPSA) is 71.7 Å². The van der Waals surface area contributed by atoms with Gasteiger partial charge in [-0.3, -0.25) is 4.98 Å². The van der Waals surface area contributed by atoms with Crippen LogP contribution in [0.15, 0.2) is 30.9 Å². The summed E-state index contributed by atoms with van der Waals surface area (Å²) in [4.78, 5) is 11.6. The van der Waals surface area contributed by atoms with Gasteiger partial charge in [0.15, 0.2) is 0 Å². The number of halogens is 1. The van der Waals surface area contributed by atoms with Crippen molar-refractivity contribution in [1.82, 2.24) is 15.0 Å². The Morgan fingerprint density at radius 3 is 2.81 bits per heavy atom. The van der Waals surface area contributed by atoms with Gasteiger partial charge in [0.25, 0.3) is 5.88 Å². The lowest BCUT2D eigenvalue weighted by Crippen LogP contribution is -1.94. The van der Waals surface area contributed by atoms with Crippen LogP contribution in [0.3, 0.4) is 0 Å². The zero-order valence-electron chi connectivity index (χ0n) is 7.96. The lowest BCUT2D eigenvalue weighted by atomic mass is 10.4. The molecule has 0 spiro atoms. The van der Waals surface area contributed by atoms with Gasteiger partial charge >= 0.3 is 0 Å². The van der Waals surface area contributed by atoms with Crippen LogP contribution in [0.5, 0.6) is 11.6 Å². The van der Waals surface area contributed by atoms with E-state index in [4.69, 9.17) is 21.6 Å². The molecule has 2 rings (SSSR count). The number of rotatable bonds is 2. The van der Waals surface area contributed by atoms with E-state index >= 15 is 0 Å². The minimum atomic E-state index is 0.113. The first-order chi connectivity index (χ1) is 7.79. The molecule has 0 N–H and O–H groups in total. The minimum Gasteiger partial charge on any atom is -0.435 e. The molecule has 6 heteroatoms. The highest BCUT2D eigenvalue weighted by atomic mass is 35.5. The molecule has 5 nitrogen and oxygen atoms in total. The third-order valence-electron chi connectivity index (χ3n) is 1.66. The third kappa shape index (κ3) is 2.24. The minimum absolute atomic E-state index is 0.113. The van der Waals surface area contributed by atoms with Crippen LogP contribution >= 0.6 is 11.6 Å². The van der Waals surface area contributed by atoms with Gasteiger partial charge in [0.05, 0.1) is 11.2 Å². The van der Waals surface area contributed by atoms with E-state index in [0.717, 1.165) is 0 Å². The fourth-order valence-electron chi connectivity index (χ4n) is 1.04. The summed E-state index contributed by atoms with van der Waals surface area (Å²) in [6.07, 6.45) is 5.81. The summed E-state index contributed by atoms with van der Waals surface area (Å²) in [7, 11) is 0. The quantitative estimate of drug-likeness (QED) is 0.794. The average Bonchev–Trinajstić information content (AvgIpc) is 2.30.